The number of thiocarbonyl (C=S) groups is 1. The van der Waals surface area contributed by atoms with Gasteiger partial charge in [0.1, 0.15) is 10.1 Å². The quantitative estimate of drug-likeness (QED) is 0.115. The van der Waals surface area contributed by atoms with Crippen molar-refractivity contribution in [3.8, 4) is 0 Å². The van der Waals surface area contributed by atoms with Gasteiger partial charge in [0.25, 0.3) is 0 Å². The number of primary amides is 1. The molecule has 0 spiro atoms. The third-order valence-electron chi connectivity index (χ3n) is 6.60. The average molecular weight is 576 g/mol. The van der Waals surface area contributed by atoms with Gasteiger partial charge in [-0.05, 0) is 43.3 Å². The van der Waals surface area contributed by atoms with Gasteiger partial charge >= 0.3 is 35.6 Å². The minimum atomic E-state index is -4.70. The third-order valence-corrected chi connectivity index (χ3v) is 7.70. The molecule has 2 rings (SSSR count). The summed E-state index contributed by atoms with van der Waals surface area (Å²) >= 11 is 5.27. The monoisotopic (exact) mass is 575 g/mol. The summed E-state index contributed by atoms with van der Waals surface area (Å²) in [7, 11) is -4.70. The van der Waals surface area contributed by atoms with E-state index in [1.54, 1.807) is 0 Å². The first-order valence-electron chi connectivity index (χ1n) is 13.6. The zero-order chi connectivity index (χ0) is 27.1. The number of nitrogens with two attached hydrogens (primary N) is 1. The second-order valence-electron chi connectivity index (χ2n) is 9.66. The van der Waals surface area contributed by atoms with E-state index >= 15 is 0 Å². The Labute approximate surface area is 256 Å². The summed E-state index contributed by atoms with van der Waals surface area (Å²) in [6.45, 7) is 2.25. The Morgan fingerprint density at radius 3 is 1.95 bits per heavy atom. The van der Waals surface area contributed by atoms with E-state index in [4.69, 9.17) is 18.0 Å². The molecule has 1 aromatic rings. The van der Waals surface area contributed by atoms with E-state index in [0.29, 0.717) is 6.42 Å². The van der Waals surface area contributed by atoms with Crippen molar-refractivity contribution in [1.29, 1.82) is 0 Å². The number of hydrogen-bond donors (Lipinski definition) is 1. The largest absolute Gasteiger partial charge is 1.00 e. The molecule has 0 radical (unpaired) electrons. The van der Waals surface area contributed by atoms with Crippen molar-refractivity contribution in [2.75, 3.05) is 5.01 Å². The Kier molecular flexibility index (Phi) is 17.5. The van der Waals surface area contributed by atoms with Gasteiger partial charge in [0.2, 0.25) is 5.11 Å². The number of unbranched alkanes of at least 4 members (excludes halogenated alkanes) is 14. The Balaban J connectivity index is 0.00000722. The molecule has 0 saturated carbocycles. The van der Waals surface area contributed by atoms with Crippen LogP contribution in [-0.2, 0) is 10.1 Å². The number of carbonyl (C=O) groups excluding carboxylic acids is 1. The van der Waals surface area contributed by atoms with Gasteiger partial charge in [0, 0.05) is 0 Å². The van der Waals surface area contributed by atoms with E-state index in [2.05, 4.69) is 17.2 Å². The van der Waals surface area contributed by atoms with Crippen molar-refractivity contribution in [2.24, 2.45) is 16.0 Å². The van der Waals surface area contributed by atoms with Gasteiger partial charge in [-0.3, -0.25) is 0 Å². The van der Waals surface area contributed by atoms with Crippen LogP contribution in [0.1, 0.15) is 110 Å². The molecule has 1 aliphatic rings. The molecule has 2 N–H and O–H groups in total. The number of nitrogens with zero attached hydrogens (tertiary/aromatic N) is 4. The molecule has 12 heteroatoms. The molecule has 9 nitrogen and oxygen atoms in total. The van der Waals surface area contributed by atoms with Gasteiger partial charge in [-0.2, -0.15) is 10.1 Å². The van der Waals surface area contributed by atoms with Crippen molar-refractivity contribution in [2.45, 2.75) is 121 Å². The van der Waals surface area contributed by atoms with Crippen molar-refractivity contribution < 1.29 is 47.3 Å². The van der Waals surface area contributed by atoms with Gasteiger partial charge in [-0.1, -0.05) is 103 Å². The molecule has 38 heavy (non-hydrogen) atoms. The summed E-state index contributed by atoms with van der Waals surface area (Å²) < 4.78 is 34.3. The average Bonchev–Trinajstić information content (AvgIpc) is 3.21. The number of benzene rings is 1. The Morgan fingerprint density at radius 2 is 1.47 bits per heavy atom. The number of amides is 2. The van der Waals surface area contributed by atoms with Gasteiger partial charge in [-0.25, -0.2) is 18.2 Å². The van der Waals surface area contributed by atoms with E-state index in [-0.39, 0.29) is 40.4 Å². The fourth-order valence-corrected chi connectivity index (χ4v) is 5.32. The topological polar surface area (TPSA) is 131 Å². The zero-order valence-corrected chi connectivity index (χ0v) is 26.6. The second kappa shape index (κ2) is 19.0. The maximum atomic E-state index is 12.3. The zero-order valence-electron chi connectivity index (χ0n) is 23.0. The maximum absolute atomic E-state index is 12.3. The molecule has 0 saturated heterocycles. The molecule has 208 valence electrons. The summed E-state index contributed by atoms with van der Waals surface area (Å²) in [6.07, 6.45) is 19.1. The van der Waals surface area contributed by atoms with Crippen LogP contribution >= 0.6 is 12.2 Å². The van der Waals surface area contributed by atoms with Crippen molar-refractivity contribution in [1.82, 2.24) is 5.01 Å². The molecule has 0 fully saturated rings. The maximum Gasteiger partial charge on any atom is 1.00 e. The van der Waals surface area contributed by atoms with Gasteiger partial charge in [-0.15, -0.1) is 5.11 Å². The normalized spacial score (nSPS) is 15.1. The van der Waals surface area contributed by atoms with Crippen LogP contribution in [0, 0.1) is 0 Å². The fraction of sp³-hybridized carbons (Fsp3) is 0.692. The van der Waals surface area contributed by atoms with Crippen molar-refractivity contribution in [3.63, 3.8) is 0 Å². The van der Waals surface area contributed by atoms with Crippen LogP contribution in [0.3, 0.4) is 0 Å². The van der Waals surface area contributed by atoms with Crippen LogP contribution in [0.2, 0.25) is 0 Å². The third kappa shape index (κ3) is 12.4. The van der Waals surface area contributed by atoms with Crippen LogP contribution in [0.25, 0.3) is 0 Å². The first-order valence-corrected chi connectivity index (χ1v) is 15.5. The van der Waals surface area contributed by atoms with Crippen LogP contribution in [0.4, 0.5) is 10.5 Å². The van der Waals surface area contributed by atoms with Gasteiger partial charge in [0.15, 0.2) is 6.17 Å². The number of carbonyl (C=O) groups is 1. The number of hydrazine groups is 1. The van der Waals surface area contributed by atoms with Crippen LogP contribution in [0.15, 0.2) is 39.4 Å². The van der Waals surface area contributed by atoms with E-state index < -0.39 is 27.2 Å². The first kappa shape index (κ1) is 34.9. The number of anilines is 1. The van der Waals surface area contributed by atoms with E-state index in [0.717, 1.165) is 36.4 Å². The summed E-state index contributed by atoms with van der Waals surface area (Å²) in [5.41, 5.74) is 5.70. The van der Waals surface area contributed by atoms with E-state index in [9.17, 15) is 17.8 Å². The molecule has 2 amide bonds. The van der Waals surface area contributed by atoms with Crippen LogP contribution in [0.5, 0.6) is 0 Å². The molecule has 0 aliphatic carbocycles. The molecule has 1 heterocycles. The summed E-state index contributed by atoms with van der Waals surface area (Å²) in [5, 5.41) is 10.6. The van der Waals surface area contributed by atoms with Crippen molar-refractivity contribution >= 4 is 39.2 Å². The molecular weight excluding hydrogens is 533 g/mol. The summed E-state index contributed by atoms with van der Waals surface area (Å²) in [6, 6.07) is 4.23. The molecule has 0 bridgehead atoms. The molecule has 0 aromatic heterocycles. The number of rotatable bonds is 19. The Bertz CT molecular complexity index is 994. The molecule has 1 unspecified atom stereocenters. The van der Waals surface area contributed by atoms with Crippen LogP contribution in [-0.4, -0.2) is 35.3 Å². The standard InChI is InChI=1S/C26H43N5O4S2.Na/c1-2-3-4-5-6-7-8-9-10-11-12-13-14-15-16-20-24-28-29-26(36)31(24)30(25(27)32)22-18-17-19-23(21-22)37(33,34)35;/h17-19,21,24H,2-16,20H2,1H3,(H2,27,32)(H,33,34,35);/q;+1/p-1. The smallest absolute Gasteiger partial charge is 0.744 e. The minimum absolute atomic E-state index is 0. The summed E-state index contributed by atoms with van der Waals surface area (Å²) in [5.74, 6) is 0. The predicted molar refractivity (Wildman–Crippen MR) is 149 cm³/mol. The van der Waals surface area contributed by atoms with E-state index in [1.807, 2.05) is 0 Å². The molecule has 1 atom stereocenters. The second-order valence-corrected chi connectivity index (χ2v) is 11.4. The number of hydrogen-bond acceptors (Lipinski definition) is 6. The number of azo groups is 1. The van der Waals surface area contributed by atoms with Crippen LogP contribution < -0.4 is 40.3 Å². The fourth-order valence-electron chi connectivity index (χ4n) is 4.56. The van der Waals surface area contributed by atoms with Gasteiger partial charge in [0.05, 0.1) is 10.6 Å². The SMILES string of the molecule is CCCCCCCCCCCCCCCCCC1N=NC(=S)N1N(C(N)=O)c1cccc(S(=O)(=O)[O-])c1.[Na+]. The molecule has 1 aliphatic heterocycles. The Hall–Kier alpha value is -1.11. The Morgan fingerprint density at radius 1 is 0.974 bits per heavy atom. The predicted octanol–water partition coefficient (Wildman–Crippen LogP) is 4.04. The van der Waals surface area contributed by atoms with E-state index in [1.165, 1.54) is 94.2 Å². The van der Waals surface area contributed by atoms with Crippen molar-refractivity contribution in [3.05, 3.63) is 24.3 Å². The summed E-state index contributed by atoms with van der Waals surface area (Å²) in [4.78, 5) is 11.8. The molecular formula is C26H42N5NaO4S2. The number of urea groups is 1. The molecule has 1 aromatic carbocycles. The first-order chi connectivity index (χ1) is 17.8. The minimum Gasteiger partial charge on any atom is -0.744 e. The van der Waals surface area contributed by atoms with Gasteiger partial charge < -0.3 is 10.3 Å².